The fourth-order valence-corrected chi connectivity index (χ4v) is 2.54. The number of hydrogen-bond donors (Lipinski definition) is 2. The summed E-state index contributed by atoms with van der Waals surface area (Å²) < 4.78 is 0. The minimum atomic E-state index is -0.00544. The molecule has 25 heavy (non-hydrogen) atoms. The maximum absolute atomic E-state index is 12.5. The molecule has 5 nitrogen and oxygen atoms in total. The predicted octanol–water partition coefficient (Wildman–Crippen LogP) is 3.89. The third kappa shape index (κ3) is 5.64. The van der Waals surface area contributed by atoms with E-state index in [2.05, 4.69) is 10.6 Å². The highest BCUT2D eigenvalue weighted by molar-refractivity contribution is 5.96. The lowest BCUT2D eigenvalue weighted by molar-refractivity contribution is -0.117. The topological polar surface area (TPSA) is 61.4 Å². The fraction of sp³-hybridized carbons (Fsp3) is 0.300. The van der Waals surface area contributed by atoms with Crippen LogP contribution >= 0.6 is 0 Å². The van der Waals surface area contributed by atoms with Crippen LogP contribution < -0.4 is 15.5 Å². The minimum absolute atomic E-state index is 0.00281. The van der Waals surface area contributed by atoms with Crippen molar-refractivity contribution in [1.29, 1.82) is 0 Å². The monoisotopic (exact) mass is 339 g/mol. The zero-order valence-corrected chi connectivity index (χ0v) is 14.8. The summed E-state index contributed by atoms with van der Waals surface area (Å²) in [6.45, 7) is 4.72. The fourth-order valence-electron chi connectivity index (χ4n) is 2.54. The first kappa shape index (κ1) is 18.5. The van der Waals surface area contributed by atoms with Crippen LogP contribution in [0.25, 0.3) is 0 Å². The molecule has 0 unspecified atom stereocenters. The number of anilines is 3. The van der Waals surface area contributed by atoms with E-state index in [9.17, 15) is 9.59 Å². The molecule has 0 saturated carbocycles. The van der Waals surface area contributed by atoms with Gasteiger partial charge in [0.1, 0.15) is 0 Å². The number of amides is 2. The molecule has 0 spiro atoms. The molecule has 0 heterocycles. The van der Waals surface area contributed by atoms with Gasteiger partial charge >= 0.3 is 0 Å². The van der Waals surface area contributed by atoms with Gasteiger partial charge in [0.15, 0.2) is 0 Å². The van der Waals surface area contributed by atoms with Crippen LogP contribution in [0.15, 0.2) is 54.6 Å². The lowest BCUT2D eigenvalue weighted by atomic mass is 10.2. The molecule has 0 bridgehead atoms. The summed E-state index contributed by atoms with van der Waals surface area (Å²) in [7, 11) is 0. The number of carbonyl (C=O) groups excluding carboxylic acids is 2. The Bertz CT molecular complexity index is 701. The van der Waals surface area contributed by atoms with Crippen molar-refractivity contribution in [3.63, 3.8) is 0 Å². The van der Waals surface area contributed by atoms with Crippen molar-refractivity contribution in [2.75, 3.05) is 28.6 Å². The van der Waals surface area contributed by atoms with Crippen LogP contribution in [0.5, 0.6) is 0 Å². The number of likely N-dealkylation sites (N-methyl/N-ethyl adjacent to an activating group) is 1. The number of benzene rings is 2. The molecule has 0 saturated heterocycles. The SMILES string of the molecule is CCCC(=O)Nc1cccc(NCC(=O)N(CC)c2ccccc2)c1. The van der Waals surface area contributed by atoms with E-state index in [4.69, 9.17) is 0 Å². The van der Waals surface area contributed by atoms with Gasteiger partial charge in [-0.3, -0.25) is 9.59 Å². The van der Waals surface area contributed by atoms with E-state index in [1.807, 2.05) is 68.4 Å². The quantitative estimate of drug-likeness (QED) is 0.767. The van der Waals surface area contributed by atoms with E-state index < -0.39 is 0 Å². The highest BCUT2D eigenvalue weighted by Crippen LogP contribution is 2.17. The first-order chi connectivity index (χ1) is 12.1. The van der Waals surface area contributed by atoms with E-state index in [-0.39, 0.29) is 18.4 Å². The molecule has 0 aliphatic heterocycles. The van der Waals surface area contributed by atoms with Crippen LogP contribution in [0.2, 0.25) is 0 Å². The van der Waals surface area contributed by atoms with Crippen LogP contribution in [-0.2, 0) is 9.59 Å². The van der Waals surface area contributed by atoms with Gasteiger partial charge in [0.25, 0.3) is 0 Å². The number of nitrogens with zero attached hydrogens (tertiary/aromatic N) is 1. The molecule has 132 valence electrons. The molecule has 5 heteroatoms. The van der Waals surface area contributed by atoms with Crippen molar-refractivity contribution in [3.05, 3.63) is 54.6 Å². The van der Waals surface area contributed by atoms with E-state index in [1.165, 1.54) is 0 Å². The lowest BCUT2D eigenvalue weighted by Gasteiger charge is -2.21. The van der Waals surface area contributed by atoms with E-state index >= 15 is 0 Å². The van der Waals surface area contributed by atoms with Crippen molar-refractivity contribution in [3.8, 4) is 0 Å². The third-order valence-corrected chi connectivity index (χ3v) is 3.75. The Morgan fingerprint density at radius 2 is 1.68 bits per heavy atom. The van der Waals surface area contributed by atoms with Gasteiger partial charge in [0.05, 0.1) is 6.54 Å². The second-order valence-electron chi connectivity index (χ2n) is 5.71. The molecule has 0 aliphatic rings. The molecule has 0 atom stereocenters. The van der Waals surface area contributed by atoms with Crippen LogP contribution in [0.4, 0.5) is 17.1 Å². The number of hydrogen-bond acceptors (Lipinski definition) is 3. The minimum Gasteiger partial charge on any atom is -0.376 e. The van der Waals surface area contributed by atoms with Crippen LogP contribution in [0.1, 0.15) is 26.7 Å². The average molecular weight is 339 g/mol. The number of para-hydroxylation sites is 1. The van der Waals surface area contributed by atoms with Gasteiger partial charge in [-0.05, 0) is 43.7 Å². The van der Waals surface area contributed by atoms with Crippen molar-refractivity contribution >= 4 is 28.9 Å². The van der Waals surface area contributed by atoms with E-state index in [1.54, 1.807) is 4.90 Å². The normalized spacial score (nSPS) is 10.2. The molecule has 2 rings (SSSR count). The van der Waals surface area contributed by atoms with E-state index in [0.29, 0.717) is 13.0 Å². The van der Waals surface area contributed by atoms with Gasteiger partial charge in [0.2, 0.25) is 11.8 Å². The van der Waals surface area contributed by atoms with Crippen molar-refractivity contribution in [2.45, 2.75) is 26.7 Å². The van der Waals surface area contributed by atoms with Crippen molar-refractivity contribution in [2.24, 2.45) is 0 Å². The summed E-state index contributed by atoms with van der Waals surface area (Å²) in [5.41, 5.74) is 2.41. The van der Waals surface area contributed by atoms with Gasteiger partial charge in [-0.1, -0.05) is 31.2 Å². The summed E-state index contributed by atoms with van der Waals surface area (Å²) in [5, 5.41) is 5.99. The van der Waals surface area contributed by atoms with Gasteiger partial charge in [-0.25, -0.2) is 0 Å². The third-order valence-electron chi connectivity index (χ3n) is 3.75. The Labute approximate surface area is 149 Å². The molecular weight excluding hydrogens is 314 g/mol. The van der Waals surface area contributed by atoms with Gasteiger partial charge < -0.3 is 15.5 Å². The van der Waals surface area contributed by atoms with Gasteiger partial charge in [-0.2, -0.15) is 0 Å². The Morgan fingerprint density at radius 1 is 0.960 bits per heavy atom. The number of nitrogens with one attached hydrogen (secondary N) is 2. The standard InChI is InChI=1S/C20H25N3O2/c1-3-9-19(24)22-17-11-8-10-16(14-17)21-15-20(25)23(4-2)18-12-6-5-7-13-18/h5-8,10-14,21H,3-4,9,15H2,1-2H3,(H,22,24). The summed E-state index contributed by atoms with van der Waals surface area (Å²) in [5.74, 6) is -0.00826. The highest BCUT2D eigenvalue weighted by atomic mass is 16.2. The zero-order chi connectivity index (χ0) is 18.1. The van der Waals surface area contributed by atoms with Crippen molar-refractivity contribution < 1.29 is 9.59 Å². The predicted molar refractivity (Wildman–Crippen MR) is 103 cm³/mol. The Kier molecular flexibility index (Phi) is 7.01. The first-order valence-corrected chi connectivity index (χ1v) is 8.63. The maximum Gasteiger partial charge on any atom is 0.246 e. The summed E-state index contributed by atoms with van der Waals surface area (Å²) in [6, 6.07) is 17.0. The summed E-state index contributed by atoms with van der Waals surface area (Å²) in [4.78, 5) is 25.9. The van der Waals surface area contributed by atoms with Gasteiger partial charge in [-0.15, -0.1) is 0 Å². The smallest absolute Gasteiger partial charge is 0.246 e. The lowest BCUT2D eigenvalue weighted by Crippen LogP contribution is -2.35. The molecule has 0 aromatic heterocycles. The molecular formula is C20H25N3O2. The second-order valence-corrected chi connectivity index (χ2v) is 5.71. The number of carbonyl (C=O) groups is 2. The maximum atomic E-state index is 12.5. The Hall–Kier alpha value is -2.82. The zero-order valence-electron chi connectivity index (χ0n) is 14.8. The molecule has 0 aliphatic carbocycles. The Morgan fingerprint density at radius 3 is 2.36 bits per heavy atom. The Balaban J connectivity index is 1.96. The summed E-state index contributed by atoms with van der Waals surface area (Å²) >= 11 is 0. The molecule has 2 aromatic carbocycles. The molecule has 0 fully saturated rings. The van der Waals surface area contributed by atoms with Crippen LogP contribution in [-0.4, -0.2) is 24.9 Å². The molecule has 2 amide bonds. The molecule has 0 radical (unpaired) electrons. The van der Waals surface area contributed by atoms with E-state index in [0.717, 1.165) is 23.5 Å². The molecule has 2 N–H and O–H groups in total. The largest absolute Gasteiger partial charge is 0.376 e. The average Bonchev–Trinajstić information content (AvgIpc) is 2.62. The second kappa shape index (κ2) is 9.47. The van der Waals surface area contributed by atoms with Gasteiger partial charge in [0, 0.05) is 30.0 Å². The van der Waals surface area contributed by atoms with Crippen molar-refractivity contribution in [1.82, 2.24) is 0 Å². The number of rotatable bonds is 8. The van der Waals surface area contributed by atoms with Crippen LogP contribution in [0.3, 0.4) is 0 Å². The highest BCUT2D eigenvalue weighted by Gasteiger charge is 2.13. The molecule has 2 aromatic rings. The van der Waals surface area contributed by atoms with Crippen LogP contribution in [0, 0.1) is 0 Å². The first-order valence-electron chi connectivity index (χ1n) is 8.63. The summed E-state index contributed by atoms with van der Waals surface area (Å²) in [6.07, 6.45) is 1.31.